The minimum atomic E-state index is -0.289. The number of primary amides is 1. The third-order valence-electron chi connectivity index (χ3n) is 4.84. The Labute approximate surface area is 171 Å². The molecular formula is C20H20N4O2S2. The van der Waals surface area contributed by atoms with Crippen molar-refractivity contribution in [2.75, 3.05) is 11.9 Å². The number of hydrogen-bond donors (Lipinski definition) is 2. The lowest BCUT2D eigenvalue weighted by Crippen LogP contribution is -2.39. The van der Waals surface area contributed by atoms with Crippen LogP contribution in [0.25, 0.3) is 10.6 Å². The number of likely N-dealkylation sites (tertiary alicyclic amines) is 1. The lowest BCUT2D eigenvalue weighted by molar-refractivity contribution is -0.122. The van der Waals surface area contributed by atoms with E-state index < -0.39 is 0 Å². The highest BCUT2D eigenvalue weighted by Gasteiger charge is 2.29. The van der Waals surface area contributed by atoms with Gasteiger partial charge in [0, 0.05) is 28.6 Å². The number of para-hydroxylation sites is 1. The summed E-state index contributed by atoms with van der Waals surface area (Å²) in [5, 5.41) is 9.58. The number of benzene rings is 1. The highest BCUT2D eigenvalue weighted by atomic mass is 32.1. The molecule has 1 aliphatic rings. The maximum absolute atomic E-state index is 12.7. The molecule has 1 aromatic carbocycles. The van der Waals surface area contributed by atoms with E-state index in [0.29, 0.717) is 12.2 Å². The summed E-state index contributed by atoms with van der Waals surface area (Å²) < 4.78 is 0. The molecule has 2 aromatic heterocycles. The number of anilines is 1. The highest BCUT2D eigenvalue weighted by molar-refractivity contribution is 7.14. The Morgan fingerprint density at radius 2 is 2.11 bits per heavy atom. The molecule has 1 atom stereocenters. The molecule has 0 saturated carbocycles. The Morgan fingerprint density at radius 3 is 2.89 bits per heavy atom. The van der Waals surface area contributed by atoms with E-state index in [9.17, 15) is 9.59 Å². The first-order valence-electron chi connectivity index (χ1n) is 9.02. The Morgan fingerprint density at radius 1 is 1.25 bits per heavy atom. The molecule has 0 radical (unpaired) electrons. The van der Waals surface area contributed by atoms with Gasteiger partial charge in [-0.3, -0.25) is 14.5 Å². The summed E-state index contributed by atoms with van der Waals surface area (Å²) in [4.78, 5) is 30.9. The second-order valence-corrected chi connectivity index (χ2v) is 8.33. The van der Waals surface area contributed by atoms with Crippen molar-refractivity contribution in [1.29, 1.82) is 0 Å². The second-order valence-electron chi connectivity index (χ2n) is 6.69. The van der Waals surface area contributed by atoms with Gasteiger partial charge in [0.05, 0.1) is 6.04 Å². The molecule has 3 aromatic rings. The third-order valence-corrected chi connectivity index (χ3v) is 6.41. The van der Waals surface area contributed by atoms with Gasteiger partial charge in [-0.1, -0.05) is 18.2 Å². The van der Waals surface area contributed by atoms with Crippen LogP contribution in [-0.4, -0.2) is 34.3 Å². The normalized spacial score (nSPS) is 16.9. The van der Waals surface area contributed by atoms with Gasteiger partial charge in [-0.25, -0.2) is 4.98 Å². The van der Waals surface area contributed by atoms with Gasteiger partial charge in [0.25, 0.3) is 5.91 Å². The van der Waals surface area contributed by atoms with Crippen LogP contribution in [0, 0.1) is 0 Å². The zero-order chi connectivity index (χ0) is 19.5. The van der Waals surface area contributed by atoms with Crippen LogP contribution in [0.4, 0.5) is 5.69 Å². The highest BCUT2D eigenvalue weighted by Crippen LogP contribution is 2.27. The van der Waals surface area contributed by atoms with Crippen LogP contribution in [0.3, 0.4) is 0 Å². The molecule has 1 aliphatic heterocycles. The maximum atomic E-state index is 12.7. The summed E-state index contributed by atoms with van der Waals surface area (Å²) >= 11 is 3.06. The van der Waals surface area contributed by atoms with Gasteiger partial charge in [-0.05, 0) is 42.5 Å². The van der Waals surface area contributed by atoms with Crippen molar-refractivity contribution in [2.45, 2.75) is 25.4 Å². The van der Waals surface area contributed by atoms with Crippen molar-refractivity contribution < 1.29 is 9.59 Å². The van der Waals surface area contributed by atoms with E-state index in [1.54, 1.807) is 16.7 Å². The Balaban J connectivity index is 1.49. The molecule has 1 fully saturated rings. The number of carbonyl (C=O) groups excluding carboxylic acids is 2. The quantitative estimate of drug-likeness (QED) is 0.648. The molecule has 144 valence electrons. The first kappa shape index (κ1) is 18.8. The molecule has 0 aliphatic carbocycles. The average molecular weight is 413 g/mol. The fraction of sp³-hybridized carbons (Fsp3) is 0.250. The van der Waals surface area contributed by atoms with Crippen molar-refractivity contribution in [3.8, 4) is 10.6 Å². The summed E-state index contributed by atoms with van der Waals surface area (Å²) in [7, 11) is 0. The van der Waals surface area contributed by atoms with E-state index in [-0.39, 0.29) is 17.9 Å². The van der Waals surface area contributed by atoms with Crippen LogP contribution in [-0.2, 0) is 11.3 Å². The van der Waals surface area contributed by atoms with Gasteiger partial charge >= 0.3 is 0 Å². The Hall–Kier alpha value is -2.55. The number of amides is 2. The predicted molar refractivity (Wildman–Crippen MR) is 112 cm³/mol. The Kier molecular flexibility index (Phi) is 5.52. The van der Waals surface area contributed by atoms with Crippen molar-refractivity contribution in [2.24, 2.45) is 5.73 Å². The van der Waals surface area contributed by atoms with E-state index in [1.165, 1.54) is 11.3 Å². The minimum Gasteiger partial charge on any atom is -0.368 e. The standard InChI is InChI=1S/C20H20N4O2S2/c21-18(25)17-6-3-8-24(17)10-13-4-1-2-5-15(13)22-19(26)16-12-28-20(23-16)14-7-9-27-11-14/h1-2,4-5,7,9,11-12,17H,3,6,8,10H2,(H2,21,25)(H,22,26). The van der Waals surface area contributed by atoms with Crippen molar-refractivity contribution in [3.63, 3.8) is 0 Å². The number of nitrogens with one attached hydrogen (secondary N) is 1. The molecule has 0 bridgehead atoms. The number of nitrogens with zero attached hydrogens (tertiary/aromatic N) is 2. The van der Waals surface area contributed by atoms with Gasteiger partial charge in [0.15, 0.2) is 0 Å². The number of nitrogens with two attached hydrogens (primary N) is 1. The molecule has 4 rings (SSSR count). The van der Waals surface area contributed by atoms with Crippen LogP contribution in [0.5, 0.6) is 0 Å². The molecular weight excluding hydrogens is 392 g/mol. The van der Waals surface area contributed by atoms with Gasteiger partial charge in [0.2, 0.25) is 5.91 Å². The van der Waals surface area contributed by atoms with Crippen molar-refractivity contribution in [3.05, 3.63) is 57.7 Å². The minimum absolute atomic E-state index is 0.238. The number of rotatable bonds is 6. The average Bonchev–Trinajstić information content (AvgIpc) is 3.44. The zero-order valence-electron chi connectivity index (χ0n) is 15.1. The summed E-state index contributed by atoms with van der Waals surface area (Å²) in [6, 6.07) is 9.39. The number of hydrogen-bond acceptors (Lipinski definition) is 6. The van der Waals surface area contributed by atoms with E-state index >= 15 is 0 Å². The van der Waals surface area contributed by atoms with E-state index in [4.69, 9.17) is 5.73 Å². The van der Waals surface area contributed by atoms with Gasteiger partial charge < -0.3 is 11.1 Å². The Bertz CT molecular complexity index is 984. The first-order valence-corrected chi connectivity index (χ1v) is 10.8. The van der Waals surface area contributed by atoms with Gasteiger partial charge in [-0.2, -0.15) is 11.3 Å². The number of carbonyl (C=O) groups is 2. The largest absolute Gasteiger partial charge is 0.368 e. The molecule has 1 saturated heterocycles. The molecule has 3 N–H and O–H groups in total. The molecule has 8 heteroatoms. The lowest BCUT2D eigenvalue weighted by Gasteiger charge is -2.23. The number of aromatic nitrogens is 1. The van der Waals surface area contributed by atoms with E-state index in [0.717, 1.165) is 41.2 Å². The fourth-order valence-electron chi connectivity index (χ4n) is 3.42. The van der Waals surface area contributed by atoms with Gasteiger partial charge in [0.1, 0.15) is 10.7 Å². The molecule has 0 spiro atoms. The smallest absolute Gasteiger partial charge is 0.275 e. The summed E-state index contributed by atoms with van der Waals surface area (Å²) in [5.41, 5.74) is 8.64. The maximum Gasteiger partial charge on any atom is 0.275 e. The van der Waals surface area contributed by atoms with Crippen LogP contribution in [0.2, 0.25) is 0 Å². The summed E-state index contributed by atoms with van der Waals surface area (Å²) in [5.74, 6) is -0.527. The topological polar surface area (TPSA) is 88.3 Å². The fourth-order valence-corrected chi connectivity index (χ4v) is 4.93. The van der Waals surface area contributed by atoms with Gasteiger partial charge in [-0.15, -0.1) is 11.3 Å². The van der Waals surface area contributed by atoms with Crippen LogP contribution in [0.1, 0.15) is 28.9 Å². The van der Waals surface area contributed by atoms with E-state index in [1.807, 2.05) is 41.1 Å². The second kappa shape index (κ2) is 8.22. The third kappa shape index (κ3) is 3.99. The molecule has 28 heavy (non-hydrogen) atoms. The number of thiazole rings is 1. The predicted octanol–water partition coefficient (Wildman–Crippen LogP) is 3.57. The van der Waals surface area contributed by atoms with Crippen LogP contribution < -0.4 is 11.1 Å². The summed E-state index contributed by atoms with van der Waals surface area (Å²) in [6.07, 6.45) is 1.74. The van der Waals surface area contributed by atoms with Crippen molar-refractivity contribution >= 4 is 40.2 Å². The van der Waals surface area contributed by atoms with Crippen LogP contribution >= 0.6 is 22.7 Å². The molecule has 3 heterocycles. The molecule has 2 amide bonds. The number of thiophene rings is 1. The molecule has 1 unspecified atom stereocenters. The van der Waals surface area contributed by atoms with Crippen LogP contribution in [0.15, 0.2) is 46.5 Å². The van der Waals surface area contributed by atoms with E-state index in [2.05, 4.69) is 15.2 Å². The van der Waals surface area contributed by atoms with Crippen molar-refractivity contribution in [1.82, 2.24) is 9.88 Å². The monoisotopic (exact) mass is 412 g/mol. The molecule has 6 nitrogen and oxygen atoms in total. The SMILES string of the molecule is NC(=O)C1CCCN1Cc1ccccc1NC(=O)c1csc(-c2ccsc2)n1. The zero-order valence-corrected chi connectivity index (χ0v) is 16.8. The summed E-state index contributed by atoms with van der Waals surface area (Å²) in [6.45, 7) is 1.40. The first-order chi connectivity index (χ1) is 13.6. The lowest BCUT2D eigenvalue weighted by atomic mass is 10.1.